The molecule has 1 atom stereocenters. The minimum atomic E-state index is -4.65. The van der Waals surface area contributed by atoms with Crippen molar-refractivity contribution in [2.75, 3.05) is 6.54 Å². The van der Waals surface area contributed by atoms with Gasteiger partial charge in [0.2, 0.25) is 0 Å². The SMILES string of the molecule is CCCCCCC(NCC)c1ccc(F)c(C(F)(F)F)c1. The normalized spacial score (nSPS) is 13.4. The highest BCUT2D eigenvalue weighted by molar-refractivity contribution is 5.29. The molecule has 1 aromatic rings. The van der Waals surface area contributed by atoms with Gasteiger partial charge < -0.3 is 5.32 Å². The Morgan fingerprint density at radius 1 is 1.10 bits per heavy atom. The zero-order chi connectivity index (χ0) is 15.9. The average molecular weight is 305 g/mol. The smallest absolute Gasteiger partial charge is 0.310 e. The molecule has 0 saturated carbocycles. The Labute approximate surface area is 123 Å². The topological polar surface area (TPSA) is 12.0 Å². The van der Waals surface area contributed by atoms with Crippen LogP contribution in [0.4, 0.5) is 17.6 Å². The van der Waals surface area contributed by atoms with E-state index >= 15 is 0 Å². The second-order valence-corrected chi connectivity index (χ2v) is 5.20. The summed E-state index contributed by atoms with van der Waals surface area (Å²) >= 11 is 0. The van der Waals surface area contributed by atoms with Gasteiger partial charge in [-0.15, -0.1) is 0 Å². The van der Waals surface area contributed by atoms with Crippen molar-refractivity contribution in [2.24, 2.45) is 0 Å². The number of alkyl halides is 3. The van der Waals surface area contributed by atoms with E-state index in [-0.39, 0.29) is 6.04 Å². The van der Waals surface area contributed by atoms with Crippen LogP contribution < -0.4 is 5.32 Å². The van der Waals surface area contributed by atoms with Crippen LogP contribution in [-0.2, 0) is 6.18 Å². The molecule has 0 aliphatic rings. The van der Waals surface area contributed by atoms with Crippen molar-refractivity contribution >= 4 is 0 Å². The standard InChI is InChI=1S/C16H23F4N/c1-3-5-6-7-8-15(21-4-2)12-9-10-14(17)13(11-12)16(18,19)20/h9-11,15,21H,3-8H2,1-2H3. The molecule has 0 aliphatic carbocycles. The van der Waals surface area contributed by atoms with Crippen molar-refractivity contribution in [1.82, 2.24) is 5.32 Å². The lowest BCUT2D eigenvalue weighted by molar-refractivity contribution is -0.140. The monoisotopic (exact) mass is 305 g/mol. The molecule has 1 rings (SSSR count). The summed E-state index contributed by atoms with van der Waals surface area (Å²) in [6.07, 6.45) is 0.350. The first-order valence-electron chi connectivity index (χ1n) is 7.50. The third kappa shape index (κ3) is 5.65. The van der Waals surface area contributed by atoms with Crippen LogP contribution in [0, 0.1) is 5.82 Å². The molecule has 0 bridgehead atoms. The van der Waals surface area contributed by atoms with Gasteiger partial charge in [-0.25, -0.2) is 4.39 Å². The second kappa shape index (κ2) is 8.37. The van der Waals surface area contributed by atoms with Crippen molar-refractivity contribution in [3.8, 4) is 0 Å². The van der Waals surface area contributed by atoms with Gasteiger partial charge in [0, 0.05) is 6.04 Å². The summed E-state index contributed by atoms with van der Waals surface area (Å²) < 4.78 is 51.6. The van der Waals surface area contributed by atoms with Crippen molar-refractivity contribution in [3.05, 3.63) is 35.1 Å². The summed E-state index contributed by atoms with van der Waals surface area (Å²) in [6.45, 7) is 4.68. The van der Waals surface area contributed by atoms with Crippen LogP contribution in [-0.4, -0.2) is 6.54 Å². The third-order valence-corrected chi connectivity index (χ3v) is 3.50. The molecule has 1 aromatic carbocycles. The molecule has 5 heteroatoms. The van der Waals surface area contributed by atoms with Gasteiger partial charge in [-0.1, -0.05) is 45.6 Å². The van der Waals surface area contributed by atoms with Crippen molar-refractivity contribution < 1.29 is 17.6 Å². The molecule has 1 nitrogen and oxygen atoms in total. The summed E-state index contributed by atoms with van der Waals surface area (Å²) in [6, 6.07) is 3.13. The fraction of sp³-hybridized carbons (Fsp3) is 0.625. The van der Waals surface area contributed by atoms with Gasteiger partial charge in [0.25, 0.3) is 0 Å². The Morgan fingerprint density at radius 3 is 2.38 bits per heavy atom. The number of benzene rings is 1. The van der Waals surface area contributed by atoms with Crippen LogP contribution in [0.2, 0.25) is 0 Å². The molecule has 1 unspecified atom stereocenters. The minimum absolute atomic E-state index is 0.159. The molecular formula is C16H23F4N. The molecule has 1 N–H and O–H groups in total. The van der Waals surface area contributed by atoms with E-state index in [9.17, 15) is 17.6 Å². The first-order chi connectivity index (χ1) is 9.90. The first-order valence-corrected chi connectivity index (χ1v) is 7.50. The van der Waals surface area contributed by atoms with Gasteiger partial charge >= 0.3 is 6.18 Å². The predicted molar refractivity (Wildman–Crippen MR) is 76.6 cm³/mol. The highest BCUT2D eigenvalue weighted by atomic mass is 19.4. The molecule has 21 heavy (non-hydrogen) atoms. The molecule has 0 radical (unpaired) electrons. The van der Waals surface area contributed by atoms with Gasteiger partial charge in [0.15, 0.2) is 0 Å². The van der Waals surface area contributed by atoms with Crippen molar-refractivity contribution in [1.29, 1.82) is 0 Å². The molecule has 0 fully saturated rings. The van der Waals surface area contributed by atoms with Gasteiger partial charge in [-0.3, -0.25) is 0 Å². The van der Waals surface area contributed by atoms with Crippen molar-refractivity contribution in [3.63, 3.8) is 0 Å². The Hall–Kier alpha value is -1.10. The number of hydrogen-bond acceptors (Lipinski definition) is 1. The zero-order valence-corrected chi connectivity index (χ0v) is 12.6. The molecule has 0 spiro atoms. The van der Waals surface area contributed by atoms with Gasteiger partial charge in [0.1, 0.15) is 5.82 Å². The van der Waals surface area contributed by atoms with Crippen molar-refractivity contribution in [2.45, 2.75) is 58.2 Å². The summed E-state index contributed by atoms with van der Waals surface area (Å²) in [4.78, 5) is 0. The van der Waals surface area contributed by atoms with E-state index in [0.29, 0.717) is 12.1 Å². The largest absolute Gasteiger partial charge is 0.419 e. The Kier molecular flexibility index (Phi) is 7.15. The zero-order valence-electron chi connectivity index (χ0n) is 12.6. The van der Waals surface area contributed by atoms with E-state index in [4.69, 9.17) is 0 Å². The lowest BCUT2D eigenvalue weighted by Crippen LogP contribution is -2.21. The number of nitrogens with one attached hydrogen (secondary N) is 1. The number of hydrogen-bond donors (Lipinski definition) is 1. The van der Waals surface area contributed by atoms with E-state index < -0.39 is 17.6 Å². The summed E-state index contributed by atoms with van der Waals surface area (Å²) in [7, 11) is 0. The highest BCUT2D eigenvalue weighted by Crippen LogP contribution is 2.33. The molecule has 0 aromatic heterocycles. The summed E-state index contributed by atoms with van der Waals surface area (Å²) in [5.74, 6) is -1.22. The van der Waals surface area contributed by atoms with Crippen LogP contribution in [0.15, 0.2) is 18.2 Å². The van der Waals surface area contributed by atoms with E-state index in [1.165, 1.54) is 6.07 Å². The molecule has 0 aliphatic heterocycles. The van der Waals surface area contributed by atoms with Gasteiger partial charge in [-0.2, -0.15) is 13.2 Å². The first kappa shape index (κ1) is 18.0. The molecule has 120 valence electrons. The van der Waals surface area contributed by atoms with Crippen LogP contribution in [0.3, 0.4) is 0 Å². The lowest BCUT2D eigenvalue weighted by atomic mass is 9.98. The summed E-state index contributed by atoms with van der Waals surface area (Å²) in [5.41, 5.74) is -0.682. The third-order valence-electron chi connectivity index (χ3n) is 3.50. The van der Waals surface area contributed by atoms with E-state index in [0.717, 1.165) is 44.2 Å². The highest BCUT2D eigenvalue weighted by Gasteiger charge is 2.34. The summed E-state index contributed by atoms with van der Waals surface area (Å²) in [5, 5.41) is 3.18. The van der Waals surface area contributed by atoms with Crippen LogP contribution in [0.5, 0.6) is 0 Å². The van der Waals surface area contributed by atoms with Gasteiger partial charge in [0.05, 0.1) is 5.56 Å². The Bertz CT molecular complexity index is 429. The number of unbranched alkanes of at least 4 members (excludes halogenated alkanes) is 3. The van der Waals surface area contributed by atoms with Crippen LogP contribution >= 0.6 is 0 Å². The maximum atomic E-state index is 13.3. The fourth-order valence-electron chi connectivity index (χ4n) is 2.39. The van der Waals surface area contributed by atoms with Crippen LogP contribution in [0.1, 0.15) is 63.1 Å². The molecular weight excluding hydrogens is 282 g/mol. The fourth-order valence-corrected chi connectivity index (χ4v) is 2.39. The number of halogens is 4. The lowest BCUT2D eigenvalue weighted by Gasteiger charge is -2.20. The predicted octanol–water partition coefficient (Wildman–Crippen LogP) is 5.47. The van der Waals surface area contributed by atoms with E-state index in [1.54, 1.807) is 0 Å². The molecule has 0 saturated heterocycles. The van der Waals surface area contributed by atoms with Gasteiger partial charge in [-0.05, 0) is 30.7 Å². The van der Waals surface area contributed by atoms with E-state index in [2.05, 4.69) is 12.2 Å². The minimum Gasteiger partial charge on any atom is -0.310 e. The maximum absolute atomic E-state index is 13.3. The quantitative estimate of drug-likeness (QED) is 0.496. The second-order valence-electron chi connectivity index (χ2n) is 5.20. The Balaban J connectivity index is 2.87. The molecule has 0 amide bonds. The Morgan fingerprint density at radius 2 is 1.81 bits per heavy atom. The maximum Gasteiger partial charge on any atom is 0.419 e. The van der Waals surface area contributed by atoms with Crippen LogP contribution in [0.25, 0.3) is 0 Å². The molecule has 0 heterocycles. The average Bonchev–Trinajstić information content (AvgIpc) is 2.42. The van der Waals surface area contributed by atoms with E-state index in [1.807, 2.05) is 6.92 Å². The number of rotatable bonds is 8.